The van der Waals surface area contributed by atoms with Crippen molar-refractivity contribution in [3.8, 4) is 22.8 Å². The number of thioether (sulfide) groups is 1. The number of aryl methyl sites for hydroxylation is 1. The first-order valence-electron chi connectivity index (χ1n) is 8.34. The molecule has 148 valence electrons. The molecule has 2 aromatic heterocycles. The molecule has 3 aromatic rings. The van der Waals surface area contributed by atoms with E-state index in [-0.39, 0.29) is 11.3 Å². The van der Waals surface area contributed by atoms with E-state index in [0.717, 1.165) is 0 Å². The Kier molecular flexibility index (Phi) is 5.78. The van der Waals surface area contributed by atoms with Gasteiger partial charge >= 0.3 is 6.18 Å². The van der Waals surface area contributed by atoms with Gasteiger partial charge in [-0.05, 0) is 36.1 Å². The fourth-order valence-electron chi connectivity index (χ4n) is 2.54. The molecule has 0 N–H and O–H groups in total. The highest BCUT2D eigenvalue weighted by atomic mass is 32.2. The number of rotatable bonds is 6. The molecular weight excluding hydrogens is 393 g/mol. The van der Waals surface area contributed by atoms with Crippen LogP contribution in [0, 0.1) is 0 Å². The van der Waals surface area contributed by atoms with Gasteiger partial charge in [-0.2, -0.15) is 18.3 Å². The first-order valence-corrected chi connectivity index (χ1v) is 9.32. The molecule has 0 radical (unpaired) electrons. The number of hydrogen-bond donors (Lipinski definition) is 0. The van der Waals surface area contributed by atoms with Crippen molar-refractivity contribution in [1.29, 1.82) is 0 Å². The Hall–Kier alpha value is -2.75. The van der Waals surface area contributed by atoms with E-state index in [4.69, 9.17) is 4.74 Å². The maximum absolute atomic E-state index is 12.8. The lowest BCUT2D eigenvalue weighted by molar-refractivity contribution is -0.153. The molecule has 0 bridgehead atoms. The molecule has 3 rings (SSSR count). The average Bonchev–Trinajstić information content (AvgIpc) is 3.06. The summed E-state index contributed by atoms with van der Waals surface area (Å²) in [7, 11) is 1.76. The second-order valence-corrected chi connectivity index (χ2v) is 7.00. The van der Waals surface area contributed by atoms with Crippen molar-refractivity contribution in [3.05, 3.63) is 52.9 Å². The van der Waals surface area contributed by atoms with Crippen LogP contribution < -0.4 is 10.3 Å². The highest BCUT2D eigenvalue weighted by Gasteiger charge is 2.28. The Bertz CT molecular complexity index is 1010. The van der Waals surface area contributed by atoms with E-state index in [0.29, 0.717) is 28.0 Å². The summed E-state index contributed by atoms with van der Waals surface area (Å²) in [5, 5.41) is 4.57. The molecule has 28 heavy (non-hydrogen) atoms. The normalized spacial score (nSPS) is 11.6. The minimum Gasteiger partial charge on any atom is -0.484 e. The van der Waals surface area contributed by atoms with Gasteiger partial charge in [0, 0.05) is 19.3 Å². The molecule has 0 saturated heterocycles. The summed E-state index contributed by atoms with van der Waals surface area (Å²) in [5.74, 6) is 0.756. The van der Waals surface area contributed by atoms with Crippen LogP contribution in [0.2, 0.25) is 0 Å². The molecule has 0 fully saturated rings. The van der Waals surface area contributed by atoms with E-state index >= 15 is 0 Å². The van der Waals surface area contributed by atoms with E-state index in [1.54, 1.807) is 24.0 Å². The molecule has 0 amide bonds. The Labute approximate surface area is 163 Å². The molecular formula is C18H17F3N4O2S. The maximum Gasteiger partial charge on any atom is 0.422 e. The van der Waals surface area contributed by atoms with Crippen LogP contribution in [0.4, 0.5) is 13.2 Å². The third kappa shape index (κ3) is 4.56. The zero-order valence-corrected chi connectivity index (χ0v) is 15.9. The van der Waals surface area contributed by atoms with Crippen molar-refractivity contribution in [2.75, 3.05) is 12.4 Å². The molecule has 10 heteroatoms. The van der Waals surface area contributed by atoms with Crippen molar-refractivity contribution < 1.29 is 17.9 Å². The van der Waals surface area contributed by atoms with Crippen LogP contribution in [-0.2, 0) is 7.05 Å². The fourth-order valence-corrected chi connectivity index (χ4v) is 3.28. The molecule has 0 saturated carbocycles. The summed E-state index contributed by atoms with van der Waals surface area (Å²) in [5.41, 5.74) is 1.40. The summed E-state index contributed by atoms with van der Waals surface area (Å²) in [6.07, 6.45) is -2.79. The van der Waals surface area contributed by atoms with Gasteiger partial charge < -0.3 is 4.74 Å². The Balaban J connectivity index is 1.97. The van der Waals surface area contributed by atoms with Crippen molar-refractivity contribution in [2.24, 2.45) is 7.05 Å². The van der Waals surface area contributed by atoms with Crippen LogP contribution in [0.3, 0.4) is 0 Å². The number of benzene rings is 1. The van der Waals surface area contributed by atoms with E-state index < -0.39 is 12.8 Å². The quantitative estimate of drug-likeness (QED) is 0.458. The first kappa shape index (κ1) is 20.0. The van der Waals surface area contributed by atoms with Crippen molar-refractivity contribution >= 4 is 11.8 Å². The van der Waals surface area contributed by atoms with Crippen LogP contribution >= 0.6 is 11.8 Å². The van der Waals surface area contributed by atoms with E-state index in [9.17, 15) is 18.0 Å². The lowest BCUT2D eigenvalue weighted by atomic mass is 10.2. The SMILES string of the molecule is CCSc1nc(-c2ccnn2C)cc(=O)n1-c1ccc(OCC(F)(F)F)cc1. The number of halogens is 3. The molecule has 1 aromatic carbocycles. The Morgan fingerprint density at radius 1 is 1.18 bits per heavy atom. The van der Waals surface area contributed by atoms with E-state index in [1.165, 1.54) is 46.7 Å². The number of aromatic nitrogens is 4. The molecule has 0 aliphatic heterocycles. The second-order valence-electron chi connectivity index (χ2n) is 5.77. The molecule has 0 unspecified atom stereocenters. The number of nitrogens with zero attached hydrogens (tertiary/aromatic N) is 4. The van der Waals surface area contributed by atoms with Gasteiger partial charge in [0.1, 0.15) is 5.75 Å². The van der Waals surface area contributed by atoms with Gasteiger partial charge in [-0.3, -0.25) is 14.0 Å². The summed E-state index contributed by atoms with van der Waals surface area (Å²) in [4.78, 5) is 17.4. The molecule has 2 heterocycles. The summed E-state index contributed by atoms with van der Waals surface area (Å²) in [6.45, 7) is 0.566. The minimum absolute atomic E-state index is 0.0679. The van der Waals surface area contributed by atoms with Gasteiger partial charge in [0.05, 0.1) is 17.1 Å². The van der Waals surface area contributed by atoms with Gasteiger partial charge in [-0.25, -0.2) is 4.98 Å². The molecule has 6 nitrogen and oxygen atoms in total. The van der Waals surface area contributed by atoms with Crippen LogP contribution in [0.1, 0.15) is 6.92 Å². The fraction of sp³-hybridized carbons (Fsp3) is 0.278. The zero-order valence-electron chi connectivity index (χ0n) is 15.1. The third-order valence-electron chi connectivity index (χ3n) is 3.74. The lowest BCUT2D eigenvalue weighted by Gasteiger charge is -2.14. The summed E-state index contributed by atoms with van der Waals surface area (Å²) >= 11 is 1.39. The second kappa shape index (κ2) is 8.09. The smallest absolute Gasteiger partial charge is 0.422 e. The van der Waals surface area contributed by atoms with Crippen LogP contribution in [0.25, 0.3) is 17.1 Å². The monoisotopic (exact) mass is 410 g/mol. The Morgan fingerprint density at radius 2 is 1.89 bits per heavy atom. The van der Waals surface area contributed by atoms with Crippen LogP contribution in [0.15, 0.2) is 52.5 Å². The Morgan fingerprint density at radius 3 is 2.46 bits per heavy atom. The number of alkyl halides is 3. The van der Waals surface area contributed by atoms with E-state index in [1.807, 2.05) is 6.92 Å². The minimum atomic E-state index is -4.41. The molecule has 0 atom stereocenters. The van der Waals surface area contributed by atoms with Gasteiger partial charge in [-0.15, -0.1) is 0 Å². The lowest BCUT2D eigenvalue weighted by Crippen LogP contribution is -2.21. The van der Waals surface area contributed by atoms with Crippen molar-refractivity contribution in [2.45, 2.75) is 18.3 Å². The third-order valence-corrected chi connectivity index (χ3v) is 4.56. The van der Waals surface area contributed by atoms with E-state index in [2.05, 4.69) is 10.1 Å². The zero-order chi connectivity index (χ0) is 20.3. The van der Waals surface area contributed by atoms with Crippen molar-refractivity contribution in [1.82, 2.24) is 19.3 Å². The van der Waals surface area contributed by atoms with Crippen LogP contribution in [-0.4, -0.2) is 37.9 Å². The van der Waals surface area contributed by atoms with Crippen molar-refractivity contribution in [3.63, 3.8) is 0 Å². The average molecular weight is 410 g/mol. The largest absolute Gasteiger partial charge is 0.484 e. The number of hydrogen-bond acceptors (Lipinski definition) is 5. The molecule has 0 aliphatic rings. The summed E-state index contributed by atoms with van der Waals surface area (Å²) < 4.78 is 44.6. The number of ether oxygens (including phenoxy) is 1. The highest BCUT2D eigenvalue weighted by Crippen LogP contribution is 2.24. The van der Waals surface area contributed by atoms with Gasteiger partial charge in [0.15, 0.2) is 11.8 Å². The highest BCUT2D eigenvalue weighted by molar-refractivity contribution is 7.99. The first-order chi connectivity index (χ1) is 13.3. The topological polar surface area (TPSA) is 61.9 Å². The predicted molar refractivity (Wildman–Crippen MR) is 100.0 cm³/mol. The van der Waals surface area contributed by atoms with Crippen LogP contribution in [0.5, 0.6) is 5.75 Å². The molecule has 0 spiro atoms. The predicted octanol–water partition coefficient (Wildman–Crippen LogP) is 3.69. The van der Waals surface area contributed by atoms with Gasteiger partial charge in [-0.1, -0.05) is 18.7 Å². The van der Waals surface area contributed by atoms with Gasteiger partial charge in [0.2, 0.25) is 0 Å². The molecule has 0 aliphatic carbocycles. The summed E-state index contributed by atoms with van der Waals surface area (Å²) in [6, 6.07) is 9.01. The standard InChI is InChI=1S/C18H17F3N4O2S/c1-3-28-17-23-14(15-8-9-22-24(15)2)10-16(26)25(17)12-4-6-13(7-5-12)27-11-18(19,20)21/h4-10H,3,11H2,1-2H3. The maximum atomic E-state index is 12.8. The van der Waals surface area contributed by atoms with Gasteiger partial charge in [0.25, 0.3) is 5.56 Å².